The first-order valence-electron chi connectivity index (χ1n) is 5.37. The monoisotopic (exact) mass is 242 g/mol. The molecule has 1 aromatic heterocycles. The van der Waals surface area contributed by atoms with Gasteiger partial charge in [-0.3, -0.25) is 4.79 Å². The van der Waals surface area contributed by atoms with Gasteiger partial charge in [0.1, 0.15) is 0 Å². The van der Waals surface area contributed by atoms with Crippen molar-refractivity contribution in [2.75, 3.05) is 11.5 Å². The summed E-state index contributed by atoms with van der Waals surface area (Å²) in [6.07, 6.45) is 2.54. The summed E-state index contributed by atoms with van der Waals surface area (Å²) in [5.74, 6) is 3.03. The molecule has 0 radical (unpaired) electrons. The zero-order chi connectivity index (χ0) is 11.4. The van der Waals surface area contributed by atoms with Gasteiger partial charge < -0.3 is 9.63 Å². The Hall–Kier alpha value is -1.04. The van der Waals surface area contributed by atoms with Crippen molar-refractivity contribution in [1.82, 2.24) is 10.1 Å². The van der Waals surface area contributed by atoms with Crippen LogP contribution in [0, 0.1) is 0 Å². The number of carboxylic acids is 1. The van der Waals surface area contributed by atoms with Crippen LogP contribution in [0.4, 0.5) is 0 Å². The fraction of sp³-hybridized carbons (Fsp3) is 0.700. The predicted octanol–water partition coefficient (Wildman–Crippen LogP) is 1.70. The topological polar surface area (TPSA) is 76.2 Å². The maximum atomic E-state index is 10.4. The number of aliphatic carboxylic acids is 1. The molecule has 0 spiro atoms. The largest absolute Gasteiger partial charge is 0.481 e. The number of aromatic nitrogens is 2. The summed E-state index contributed by atoms with van der Waals surface area (Å²) in [7, 11) is 0. The number of hydrogen-bond donors (Lipinski definition) is 1. The minimum Gasteiger partial charge on any atom is -0.481 e. The molecular formula is C10H14N2O3S. The van der Waals surface area contributed by atoms with Crippen LogP contribution in [0.5, 0.6) is 0 Å². The standard InChI is InChI=1S/C10H14N2O3S/c13-9(14)2-1-8-11-10(12-15-8)7-3-5-16-6-4-7/h7H,1-6H2,(H,13,14). The molecule has 0 aromatic carbocycles. The number of carboxylic acid groups (broad SMARTS) is 1. The van der Waals surface area contributed by atoms with E-state index in [4.69, 9.17) is 9.63 Å². The van der Waals surface area contributed by atoms with E-state index in [-0.39, 0.29) is 6.42 Å². The average molecular weight is 242 g/mol. The van der Waals surface area contributed by atoms with Gasteiger partial charge in [-0.25, -0.2) is 0 Å². The molecule has 88 valence electrons. The van der Waals surface area contributed by atoms with Crippen molar-refractivity contribution < 1.29 is 14.4 Å². The molecule has 0 unspecified atom stereocenters. The van der Waals surface area contributed by atoms with Crippen molar-refractivity contribution in [2.24, 2.45) is 0 Å². The lowest BCUT2D eigenvalue weighted by Gasteiger charge is -2.17. The molecular weight excluding hydrogens is 228 g/mol. The zero-order valence-corrected chi connectivity index (χ0v) is 9.70. The van der Waals surface area contributed by atoms with Gasteiger partial charge in [0, 0.05) is 12.3 Å². The highest BCUT2D eigenvalue weighted by Gasteiger charge is 2.21. The van der Waals surface area contributed by atoms with Gasteiger partial charge in [0.2, 0.25) is 5.89 Å². The second-order valence-corrected chi connectivity index (χ2v) is 5.05. The third-order valence-corrected chi connectivity index (χ3v) is 3.67. The van der Waals surface area contributed by atoms with E-state index in [0.717, 1.165) is 30.2 Å². The molecule has 0 saturated carbocycles. The normalized spacial score (nSPS) is 17.5. The summed E-state index contributed by atoms with van der Waals surface area (Å²) in [5, 5.41) is 12.5. The third-order valence-electron chi connectivity index (χ3n) is 2.62. The van der Waals surface area contributed by atoms with Crippen molar-refractivity contribution in [3.8, 4) is 0 Å². The van der Waals surface area contributed by atoms with Crippen molar-refractivity contribution >= 4 is 17.7 Å². The first-order chi connectivity index (χ1) is 7.75. The second-order valence-electron chi connectivity index (χ2n) is 3.83. The van der Waals surface area contributed by atoms with E-state index in [1.807, 2.05) is 11.8 Å². The van der Waals surface area contributed by atoms with E-state index in [1.165, 1.54) is 0 Å². The molecule has 1 N–H and O–H groups in total. The van der Waals surface area contributed by atoms with Gasteiger partial charge in [-0.2, -0.15) is 16.7 Å². The number of nitrogens with zero attached hydrogens (tertiary/aromatic N) is 2. The van der Waals surface area contributed by atoms with E-state index in [9.17, 15) is 4.79 Å². The van der Waals surface area contributed by atoms with Crippen molar-refractivity contribution in [3.63, 3.8) is 0 Å². The summed E-state index contributed by atoms with van der Waals surface area (Å²) in [4.78, 5) is 14.6. The van der Waals surface area contributed by atoms with Crippen LogP contribution in [-0.4, -0.2) is 32.7 Å². The number of rotatable bonds is 4. The Bertz CT molecular complexity index is 361. The van der Waals surface area contributed by atoms with Crippen LogP contribution < -0.4 is 0 Å². The molecule has 0 atom stereocenters. The van der Waals surface area contributed by atoms with Crippen molar-refractivity contribution in [2.45, 2.75) is 31.6 Å². The van der Waals surface area contributed by atoms with Crippen LogP contribution >= 0.6 is 11.8 Å². The second kappa shape index (κ2) is 5.34. The van der Waals surface area contributed by atoms with Gasteiger partial charge in [-0.05, 0) is 24.3 Å². The molecule has 1 aromatic rings. The number of hydrogen-bond acceptors (Lipinski definition) is 5. The summed E-state index contributed by atoms with van der Waals surface area (Å²) in [5.41, 5.74) is 0. The maximum Gasteiger partial charge on any atom is 0.303 e. The smallest absolute Gasteiger partial charge is 0.303 e. The third kappa shape index (κ3) is 2.98. The molecule has 0 aliphatic carbocycles. The van der Waals surface area contributed by atoms with Crippen molar-refractivity contribution in [3.05, 3.63) is 11.7 Å². The quantitative estimate of drug-likeness (QED) is 0.866. The number of aryl methyl sites for hydroxylation is 1. The van der Waals surface area contributed by atoms with E-state index in [2.05, 4.69) is 10.1 Å². The van der Waals surface area contributed by atoms with Gasteiger partial charge >= 0.3 is 5.97 Å². The SMILES string of the molecule is O=C(O)CCc1nc(C2CCSCC2)no1. The molecule has 1 fully saturated rings. The highest BCUT2D eigenvalue weighted by atomic mass is 32.2. The molecule has 5 nitrogen and oxygen atoms in total. The Morgan fingerprint density at radius 2 is 2.25 bits per heavy atom. The van der Waals surface area contributed by atoms with Gasteiger partial charge in [-0.15, -0.1) is 0 Å². The van der Waals surface area contributed by atoms with Gasteiger partial charge in [0.15, 0.2) is 5.82 Å². The summed E-state index contributed by atoms with van der Waals surface area (Å²) in [6, 6.07) is 0. The van der Waals surface area contributed by atoms with Crippen LogP contribution in [0.15, 0.2) is 4.52 Å². The number of carbonyl (C=O) groups is 1. The van der Waals surface area contributed by atoms with Gasteiger partial charge in [-0.1, -0.05) is 5.16 Å². The molecule has 2 rings (SSSR count). The summed E-state index contributed by atoms with van der Waals surface area (Å²) in [6.45, 7) is 0. The minimum absolute atomic E-state index is 0.0438. The Balaban J connectivity index is 1.93. The van der Waals surface area contributed by atoms with E-state index in [0.29, 0.717) is 18.2 Å². The lowest BCUT2D eigenvalue weighted by Crippen LogP contribution is -2.09. The van der Waals surface area contributed by atoms with Gasteiger partial charge in [0.25, 0.3) is 0 Å². The molecule has 1 aliphatic rings. The van der Waals surface area contributed by atoms with E-state index < -0.39 is 5.97 Å². The molecule has 2 heterocycles. The molecule has 1 saturated heterocycles. The van der Waals surface area contributed by atoms with Gasteiger partial charge in [0.05, 0.1) is 6.42 Å². The highest BCUT2D eigenvalue weighted by molar-refractivity contribution is 7.99. The summed E-state index contributed by atoms with van der Waals surface area (Å²) < 4.78 is 5.04. The minimum atomic E-state index is -0.839. The fourth-order valence-corrected chi connectivity index (χ4v) is 2.81. The Morgan fingerprint density at radius 1 is 1.50 bits per heavy atom. The summed E-state index contributed by atoms with van der Waals surface area (Å²) >= 11 is 1.95. The Kier molecular flexibility index (Phi) is 3.82. The first-order valence-corrected chi connectivity index (χ1v) is 6.53. The molecule has 16 heavy (non-hydrogen) atoms. The molecule has 1 aliphatic heterocycles. The predicted molar refractivity (Wildman–Crippen MR) is 59.6 cm³/mol. The molecule has 6 heteroatoms. The van der Waals surface area contributed by atoms with Crippen LogP contribution in [0.1, 0.15) is 36.9 Å². The fourth-order valence-electron chi connectivity index (χ4n) is 1.71. The number of thioether (sulfide) groups is 1. The maximum absolute atomic E-state index is 10.4. The van der Waals surface area contributed by atoms with E-state index >= 15 is 0 Å². The average Bonchev–Trinajstić information content (AvgIpc) is 2.76. The van der Waals surface area contributed by atoms with Crippen molar-refractivity contribution in [1.29, 1.82) is 0 Å². The van der Waals surface area contributed by atoms with Crippen LogP contribution in [0.3, 0.4) is 0 Å². The highest BCUT2D eigenvalue weighted by Crippen LogP contribution is 2.29. The van der Waals surface area contributed by atoms with E-state index in [1.54, 1.807) is 0 Å². The lowest BCUT2D eigenvalue weighted by atomic mass is 10.0. The Labute approximate surface area is 97.6 Å². The molecule has 0 bridgehead atoms. The van der Waals surface area contributed by atoms with Crippen LogP contribution in [-0.2, 0) is 11.2 Å². The molecule has 0 amide bonds. The Morgan fingerprint density at radius 3 is 2.94 bits per heavy atom. The zero-order valence-electron chi connectivity index (χ0n) is 8.89. The van der Waals surface area contributed by atoms with Crippen LogP contribution in [0.25, 0.3) is 0 Å². The lowest BCUT2D eigenvalue weighted by molar-refractivity contribution is -0.137. The van der Waals surface area contributed by atoms with Crippen LogP contribution in [0.2, 0.25) is 0 Å². The first kappa shape index (κ1) is 11.4.